The number of aryl methyl sites for hydroxylation is 2. The third-order valence-electron chi connectivity index (χ3n) is 9.53. The zero-order valence-electron chi connectivity index (χ0n) is 27.9. The average Bonchev–Trinajstić information content (AvgIpc) is 3.04. The highest BCUT2D eigenvalue weighted by Gasteiger charge is 2.21. The number of hydrogen-bond acceptors (Lipinski definition) is 2. The van der Waals surface area contributed by atoms with Crippen molar-refractivity contribution in [2.45, 2.75) is 79.1 Å². The maximum Gasteiger partial charge on any atom is 0.0463 e. The van der Waals surface area contributed by atoms with Crippen molar-refractivity contribution in [3.63, 3.8) is 0 Å². The average molecular weight is 581 g/mol. The van der Waals surface area contributed by atoms with E-state index < -0.39 is 0 Å². The van der Waals surface area contributed by atoms with Gasteiger partial charge in [0.05, 0.1) is 0 Å². The van der Waals surface area contributed by atoms with Gasteiger partial charge in [0.15, 0.2) is 0 Å². The lowest BCUT2D eigenvalue weighted by Gasteiger charge is -2.30. The molecular formula is C42H48N2. The number of nitrogens with zero attached hydrogens (tertiary/aromatic N) is 2. The Bertz CT molecular complexity index is 1510. The summed E-state index contributed by atoms with van der Waals surface area (Å²) in [6.45, 7) is 18.1. The molecule has 0 amide bonds. The Labute approximate surface area is 266 Å². The Balaban J connectivity index is 1.56. The van der Waals surface area contributed by atoms with Crippen molar-refractivity contribution in [2.24, 2.45) is 0 Å². The molecule has 0 saturated heterocycles. The van der Waals surface area contributed by atoms with E-state index in [2.05, 4.69) is 187 Å². The number of benzene rings is 5. The molecule has 0 spiro atoms. The van der Waals surface area contributed by atoms with Crippen molar-refractivity contribution < 1.29 is 0 Å². The fraction of sp³-hybridized carbons (Fsp3) is 0.286. The second kappa shape index (κ2) is 12.7. The van der Waals surface area contributed by atoms with Gasteiger partial charge < -0.3 is 9.80 Å². The van der Waals surface area contributed by atoms with Crippen molar-refractivity contribution in [2.75, 3.05) is 9.80 Å². The highest BCUT2D eigenvalue weighted by Crippen LogP contribution is 2.40. The Morgan fingerprint density at radius 1 is 0.364 bits per heavy atom. The molecule has 44 heavy (non-hydrogen) atoms. The summed E-state index contributed by atoms with van der Waals surface area (Å²) in [6, 6.07) is 44.8. The molecule has 226 valence electrons. The third kappa shape index (κ3) is 6.60. The van der Waals surface area contributed by atoms with Gasteiger partial charge in [0.2, 0.25) is 0 Å². The summed E-state index contributed by atoms with van der Waals surface area (Å²) < 4.78 is 0. The van der Waals surface area contributed by atoms with Crippen LogP contribution in [-0.2, 0) is 10.8 Å². The minimum absolute atomic E-state index is 0.152. The molecule has 5 aromatic carbocycles. The zero-order valence-corrected chi connectivity index (χ0v) is 27.9. The first-order valence-corrected chi connectivity index (χ1v) is 16.1. The summed E-state index contributed by atoms with van der Waals surface area (Å²) in [5.41, 5.74) is 12.4. The molecule has 0 N–H and O–H groups in total. The van der Waals surface area contributed by atoms with E-state index in [0.717, 1.165) is 47.0 Å². The first-order chi connectivity index (χ1) is 21.0. The predicted octanol–water partition coefficient (Wildman–Crippen LogP) is 12.6. The molecule has 0 aromatic heterocycles. The molecule has 0 aliphatic rings. The quantitative estimate of drug-likeness (QED) is 0.162. The fourth-order valence-electron chi connectivity index (χ4n) is 5.56. The molecule has 2 heteroatoms. The number of hydrogen-bond donors (Lipinski definition) is 0. The van der Waals surface area contributed by atoms with Crippen LogP contribution >= 0.6 is 0 Å². The fourth-order valence-corrected chi connectivity index (χ4v) is 5.56. The van der Waals surface area contributed by atoms with Crippen LogP contribution in [0.15, 0.2) is 121 Å². The molecule has 0 aliphatic heterocycles. The van der Waals surface area contributed by atoms with Gasteiger partial charge in [0, 0.05) is 34.1 Å². The van der Waals surface area contributed by atoms with E-state index in [1.165, 1.54) is 22.3 Å². The summed E-state index contributed by atoms with van der Waals surface area (Å²) >= 11 is 0. The highest BCUT2D eigenvalue weighted by molar-refractivity contribution is 5.81. The minimum Gasteiger partial charge on any atom is -0.311 e. The lowest BCUT2D eigenvalue weighted by molar-refractivity contribution is 0.506. The van der Waals surface area contributed by atoms with Gasteiger partial charge in [-0.15, -0.1) is 0 Å². The van der Waals surface area contributed by atoms with Crippen LogP contribution < -0.4 is 9.80 Å². The molecule has 5 rings (SSSR count). The van der Waals surface area contributed by atoms with Crippen LogP contribution in [0.1, 0.15) is 76.6 Å². The van der Waals surface area contributed by atoms with Crippen LogP contribution in [0.2, 0.25) is 0 Å². The Kier molecular flexibility index (Phi) is 9.02. The van der Waals surface area contributed by atoms with Crippen LogP contribution in [0.5, 0.6) is 0 Å². The Morgan fingerprint density at radius 3 is 0.795 bits per heavy atom. The summed E-state index contributed by atoms with van der Waals surface area (Å²) in [4.78, 5) is 4.70. The van der Waals surface area contributed by atoms with Crippen LogP contribution in [0, 0.1) is 13.8 Å². The monoisotopic (exact) mass is 580 g/mol. The van der Waals surface area contributed by atoms with E-state index >= 15 is 0 Å². The predicted molar refractivity (Wildman–Crippen MR) is 192 cm³/mol. The number of anilines is 6. The topological polar surface area (TPSA) is 6.48 Å². The highest BCUT2D eigenvalue weighted by atomic mass is 15.2. The normalized spacial score (nSPS) is 11.8. The summed E-state index contributed by atoms with van der Waals surface area (Å²) in [5, 5.41) is 0. The molecule has 0 bridgehead atoms. The molecule has 0 atom stereocenters. The van der Waals surface area contributed by atoms with Crippen LogP contribution in [0.4, 0.5) is 34.1 Å². The smallest absolute Gasteiger partial charge is 0.0463 e. The van der Waals surface area contributed by atoms with E-state index in [0.29, 0.717) is 0 Å². The van der Waals surface area contributed by atoms with Gasteiger partial charge in [-0.05, 0) is 121 Å². The molecular weight excluding hydrogens is 532 g/mol. The van der Waals surface area contributed by atoms with Crippen molar-refractivity contribution in [1.29, 1.82) is 0 Å². The lowest BCUT2D eigenvalue weighted by atomic mass is 9.82. The van der Waals surface area contributed by atoms with Gasteiger partial charge in [-0.25, -0.2) is 0 Å². The summed E-state index contributed by atoms with van der Waals surface area (Å²) in [5.74, 6) is 0. The summed E-state index contributed by atoms with van der Waals surface area (Å²) in [7, 11) is 0. The molecule has 0 saturated carbocycles. The molecule has 0 unspecified atom stereocenters. The number of rotatable bonds is 10. The second-order valence-corrected chi connectivity index (χ2v) is 13.4. The third-order valence-corrected chi connectivity index (χ3v) is 9.53. The van der Waals surface area contributed by atoms with E-state index in [9.17, 15) is 0 Å². The molecule has 0 radical (unpaired) electrons. The molecule has 2 nitrogen and oxygen atoms in total. The largest absolute Gasteiger partial charge is 0.311 e. The van der Waals surface area contributed by atoms with Crippen molar-refractivity contribution in [3.05, 3.63) is 144 Å². The first-order valence-electron chi connectivity index (χ1n) is 16.1. The minimum atomic E-state index is 0.152. The van der Waals surface area contributed by atoms with Crippen LogP contribution in [0.3, 0.4) is 0 Å². The van der Waals surface area contributed by atoms with Gasteiger partial charge in [-0.3, -0.25) is 0 Å². The van der Waals surface area contributed by atoms with Crippen LogP contribution in [0.25, 0.3) is 0 Å². The van der Waals surface area contributed by atoms with Gasteiger partial charge in [0.1, 0.15) is 0 Å². The van der Waals surface area contributed by atoms with Crippen LogP contribution in [-0.4, -0.2) is 0 Å². The van der Waals surface area contributed by atoms with E-state index in [1.54, 1.807) is 0 Å². The molecule has 0 heterocycles. The van der Waals surface area contributed by atoms with Gasteiger partial charge in [0.25, 0.3) is 0 Å². The van der Waals surface area contributed by atoms with E-state index in [-0.39, 0.29) is 10.8 Å². The Morgan fingerprint density at radius 2 is 0.568 bits per heavy atom. The summed E-state index contributed by atoms with van der Waals surface area (Å²) in [6.07, 6.45) is 2.21. The van der Waals surface area contributed by atoms with Crippen molar-refractivity contribution in [3.8, 4) is 0 Å². The van der Waals surface area contributed by atoms with Gasteiger partial charge in [-0.2, -0.15) is 0 Å². The van der Waals surface area contributed by atoms with E-state index in [1.807, 2.05) is 0 Å². The zero-order chi connectivity index (χ0) is 31.5. The van der Waals surface area contributed by atoms with Gasteiger partial charge in [-0.1, -0.05) is 101 Å². The SMILES string of the molecule is CCC(C)(C)c1ccc(N(c2ccc(C)cc2)c2ccc(N(c3ccc(C)cc3)c3ccc(C(C)(C)CC)cc3)cc2)cc1. The molecule has 0 aliphatic carbocycles. The van der Waals surface area contributed by atoms with Crippen molar-refractivity contribution in [1.82, 2.24) is 0 Å². The first kappa shape index (κ1) is 31.1. The molecule has 0 fully saturated rings. The Hall–Kier alpha value is -4.30. The van der Waals surface area contributed by atoms with Crippen molar-refractivity contribution >= 4 is 34.1 Å². The second-order valence-electron chi connectivity index (χ2n) is 13.4. The van der Waals surface area contributed by atoms with E-state index in [4.69, 9.17) is 0 Å². The lowest BCUT2D eigenvalue weighted by Crippen LogP contribution is -2.16. The maximum absolute atomic E-state index is 2.35. The molecule has 5 aromatic rings. The standard InChI is InChI=1S/C42H48N2/c1-9-41(5,6)33-15-23-37(24-16-33)43(35-19-11-31(3)12-20-35)39-27-29-40(30-28-39)44(36-21-13-32(4)14-22-36)38-25-17-34(18-26-38)42(7,8)10-2/h11-30H,9-10H2,1-8H3. The van der Waals surface area contributed by atoms with Gasteiger partial charge >= 0.3 is 0 Å². The maximum atomic E-state index is 2.35.